The summed E-state index contributed by atoms with van der Waals surface area (Å²) in [6.45, 7) is 0.208. The number of sulfonamides is 1. The van der Waals surface area contributed by atoms with Crippen molar-refractivity contribution in [3.05, 3.63) is 42.2 Å². The topological polar surface area (TPSA) is 108 Å². The zero-order valence-corrected chi connectivity index (χ0v) is 13.2. The first-order valence-electron chi connectivity index (χ1n) is 6.89. The first-order valence-corrected chi connectivity index (χ1v) is 8.50. The minimum atomic E-state index is -3.59. The summed E-state index contributed by atoms with van der Waals surface area (Å²) in [5, 5.41) is 8.59. The Hall–Kier alpha value is -2.39. The molecule has 0 spiro atoms. The molecule has 9 heteroatoms. The highest BCUT2D eigenvalue weighted by atomic mass is 32.2. The van der Waals surface area contributed by atoms with Crippen LogP contribution >= 0.6 is 0 Å². The van der Waals surface area contributed by atoms with Gasteiger partial charge in [0.1, 0.15) is 11.0 Å². The van der Waals surface area contributed by atoms with Crippen molar-refractivity contribution in [2.75, 3.05) is 20.2 Å². The molecule has 0 aliphatic carbocycles. The maximum Gasteiger partial charge on any atom is 0.274 e. The smallest absolute Gasteiger partial charge is 0.274 e. The molecule has 0 bridgehead atoms. The number of methoxy groups -OCH3 is 1. The third kappa shape index (κ3) is 3.06. The molecule has 2 N–H and O–H groups in total. The Balaban J connectivity index is 1.71. The van der Waals surface area contributed by atoms with Crippen LogP contribution < -0.4 is 9.88 Å². The van der Waals surface area contributed by atoms with Gasteiger partial charge in [-0.25, -0.2) is 18.2 Å². The highest BCUT2D eigenvalue weighted by Gasteiger charge is 2.38. The normalized spacial score (nSPS) is 15.3. The van der Waals surface area contributed by atoms with Crippen LogP contribution in [0.1, 0.15) is 10.5 Å². The Bertz CT molecular complexity index is 823. The van der Waals surface area contributed by atoms with Gasteiger partial charge in [-0.2, -0.15) is 5.10 Å². The van der Waals surface area contributed by atoms with E-state index in [9.17, 15) is 13.2 Å². The van der Waals surface area contributed by atoms with Crippen molar-refractivity contribution in [2.24, 2.45) is 5.14 Å². The second kappa shape index (κ2) is 5.67. The van der Waals surface area contributed by atoms with Gasteiger partial charge in [0.2, 0.25) is 10.0 Å². The number of amides is 1. The van der Waals surface area contributed by atoms with E-state index in [2.05, 4.69) is 5.10 Å². The van der Waals surface area contributed by atoms with Crippen molar-refractivity contribution in [3.63, 3.8) is 0 Å². The quantitative estimate of drug-likeness (QED) is 0.845. The molecule has 1 aliphatic heterocycles. The summed E-state index contributed by atoms with van der Waals surface area (Å²) in [6.07, 6.45) is 1.67. The number of benzene rings is 1. The van der Waals surface area contributed by atoms with E-state index in [1.807, 2.05) is 12.1 Å². The number of nitrogens with zero attached hydrogens (tertiary/aromatic N) is 3. The van der Waals surface area contributed by atoms with Crippen LogP contribution in [0.15, 0.2) is 36.5 Å². The molecule has 3 rings (SSSR count). The molecule has 1 fully saturated rings. The van der Waals surface area contributed by atoms with Crippen LogP contribution in [0.3, 0.4) is 0 Å². The molecule has 8 nitrogen and oxygen atoms in total. The molecule has 0 unspecified atom stereocenters. The van der Waals surface area contributed by atoms with Crippen molar-refractivity contribution in [1.82, 2.24) is 14.7 Å². The van der Waals surface area contributed by atoms with Crippen LogP contribution in [0.25, 0.3) is 5.69 Å². The maximum absolute atomic E-state index is 12.2. The molecule has 2 heterocycles. The van der Waals surface area contributed by atoms with Crippen molar-refractivity contribution in [1.29, 1.82) is 0 Å². The van der Waals surface area contributed by atoms with Crippen LogP contribution in [0, 0.1) is 0 Å². The molecular weight excluding hydrogens is 320 g/mol. The van der Waals surface area contributed by atoms with Gasteiger partial charge in [0.05, 0.1) is 12.8 Å². The molecule has 1 saturated heterocycles. The standard InChI is InChI=1S/C14H16N4O4S/c1-22-11-4-2-10(3-5-11)18-7-6-13(16-18)14(19)17-8-12(9-17)23(15,20)21/h2-7,12H,8-9H2,1H3,(H2,15,20,21). The summed E-state index contributed by atoms with van der Waals surface area (Å²) in [5.41, 5.74) is 1.05. The number of ether oxygens (including phenoxy) is 1. The molecule has 122 valence electrons. The fraction of sp³-hybridized carbons (Fsp3) is 0.286. The van der Waals surface area contributed by atoms with Gasteiger partial charge in [-0.05, 0) is 30.3 Å². The second-order valence-corrected chi connectivity index (χ2v) is 7.11. The van der Waals surface area contributed by atoms with Gasteiger partial charge in [-0.1, -0.05) is 0 Å². The molecule has 1 amide bonds. The number of carbonyl (C=O) groups excluding carboxylic acids is 1. The zero-order valence-electron chi connectivity index (χ0n) is 12.4. The monoisotopic (exact) mass is 336 g/mol. The van der Waals surface area contributed by atoms with Gasteiger partial charge < -0.3 is 9.64 Å². The molecule has 0 radical (unpaired) electrons. The number of primary sulfonamides is 1. The molecule has 2 aromatic rings. The summed E-state index contributed by atoms with van der Waals surface area (Å²) in [7, 11) is -2.01. The Morgan fingerprint density at radius 2 is 1.91 bits per heavy atom. The lowest BCUT2D eigenvalue weighted by Crippen LogP contribution is -2.58. The first kappa shape index (κ1) is 15.5. The second-order valence-electron chi connectivity index (χ2n) is 5.26. The summed E-state index contributed by atoms with van der Waals surface area (Å²) < 4.78 is 29.0. The molecule has 23 heavy (non-hydrogen) atoms. The maximum atomic E-state index is 12.2. The van der Waals surface area contributed by atoms with Gasteiger partial charge in [0.15, 0.2) is 5.69 Å². The molecule has 0 atom stereocenters. The Labute approximate surface area is 133 Å². The lowest BCUT2D eigenvalue weighted by molar-refractivity contribution is 0.0652. The third-order valence-corrected chi connectivity index (χ3v) is 4.97. The van der Waals surface area contributed by atoms with E-state index in [1.165, 1.54) is 4.90 Å². The summed E-state index contributed by atoms with van der Waals surface area (Å²) >= 11 is 0. The van der Waals surface area contributed by atoms with E-state index in [0.717, 1.165) is 11.4 Å². The van der Waals surface area contributed by atoms with E-state index in [0.29, 0.717) is 0 Å². The molecular formula is C14H16N4O4S. The van der Waals surface area contributed by atoms with Crippen molar-refractivity contribution in [2.45, 2.75) is 5.25 Å². The molecule has 1 aromatic carbocycles. The van der Waals surface area contributed by atoms with Gasteiger partial charge in [0.25, 0.3) is 5.91 Å². The van der Waals surface area contributed by atoms with Gasteiger partial charge in [0, 0.05) is 19.3 Å². The third-order valence-electron chi connectivity index (χ3n) is 3.75. The fourth-order valence-electron chi connectivity index (χ4n) is 2.29. The molecule has 0 saturated carbocycles. The van der Waals surface area contributed by atoms with Crippen LogP contribution in [0.2, 0.25) is 0 Å². The number of carbonyl (C=O) groups is 1. The SMILES string of the molecule is COc1ccc(-n2ccc(C(=O)N3CC(S(N)(=O)=O)C3)n2)cc1. The number of likely N-dealkylation sites (tertiary alicyclic amines) is 1. The van der Waals surface area contributed by atoms with Gasteiger partial charge in [-0.3, -0.25) is 4.79 Å². The fourth-order valence-corrected chi connectivity index (χ4v) is 3.07. The van der Waals surface area contributed by atoms with Gasteiger partial charge >= 0.3 is 0 Å². The minimum absolute atomic E-state index is 0.104. The highest BCUT2D eigenvalue weighted by Crippen LogP contribution is 2.18. The zero-order chi connectivity index (χ0) is 16.6. The minimum Gasteiger partial charge on any atom is -0.497 e. The van der Waals surface area contributed by atoms with Gasteiger partial charge in [-0.15, -0.1) is 0 Å². The average Bonchev–Trinajstić information content (AvgIpc) is 2.94. The summed E-state index contributed by atoms with van der Waals surface area (Å²) in [6, 6.07) is 8.83. The van der Waals surface area contributed by atoms with Crippen molar-refractivity contribution >= 4 is 15.9 Å². The highest BCUT2D eigenvalue weighted by molar-refractivity contribution is 7.89. The predicted molar refractivity (Wildman–Crippen MR) is 82.9 cm³/mol. The van der Waals surface area contributed by atoms with Crippen molar-refractivity contribution in [3.8, 4) is 11.4 Å². The van der Waals surface area contributed by atoms with Crippen LogP contribution in [-0.2, 0) is 10.0 Å². The number of hydrogen-bond donors (Lipinski definition) is 1. The number of nitrogens with two attached hydrogens (primary N) is 1. The number of aromatic nitrogens is 2. The number of rotatable bonds is 4. The van der Waals surface area contributed by atoms with E-state index in [1.54, 1.807) is 36.2 Å². The Kier molecular flexibility index (Phi) is 3.82. The lowest BCUT2D eigenvalue weighted by atomic mass is 10.2. The van der Waals surface area contributed by atoms with E-state index < -0.39 is 15.3 Å². The van der Waals surface area contributed by atoms with Crippen LogP contribution in [-0.4, -0.2) is 54.5 Å². The Morgan fingerprint density at radius 3 is 2.48 bits per heavy atom. The largest absolute Gasteiger partial charge is 0.497 e. The van der Waals surface area contributed by atoms with Crippen molar-refractivity contribution < 1.29 is 17.9 Å². The Morgan fingerprint density at radius 1 is 1.26 bits per heavy atom. The van der Waals surface area contributed by atoms with E-state index in [-0.39, 0.29) is 24.7 Å². The van der Waals surface area contributed by atoms with Crippen LogP contribution in [0.4, 0.5) is 0 Å². The van der Waals surface area contributed by atoms with E-state index in [4.69, 9.17) is 9.88 Å². The lowest BCUT2D eigenvalue weighted by Gasteiger charge is -2.36. The average molecular weight is 336 g/mol. The van der Waals surface area contributed by atoms with Crippen LogP contribution in [0.5, 0.6) is 5.75 Å². The molecule has 1 aliphatic rings. The predicted octanol–water partition coefficient (Wildman–Crippen LogP) is -0.00620. The first-order chi connectivity index (χ1) is 10.9. The molecule has 1 aromatic heterocycles. The summed E-state index contributed by atoms with van der Waals surface area (Å²) in [4.78, 5) is 13.7. The summed E-state index contributed by atoms with van der Waals surface area (Å²) in [5.74, 6) is 0.420. The number of hydrogen-bond acceptors (Lipinski definition) is 5. The van der Waals surface area contributed by atoms with E-state index >= 15 is 0 Å².